The lowest BCUT2D eigenvalue weighted by atomic mass is 10.0. The molecule has 78 valence electrons. The molecule has 0 atom stereocenters. The number of hydrogen-bond acceptors (Lipinski definition) is 1. The van der Waals surface area contributed by atoms with Crippen LogP contribution in [0.1, 0.15) is 5.56 Å². The normalized spacial score (nSPS) is 9.81. The first-order chi connectivity index (χ1) is 7.70. The van der Waals surface area contributed by atoms with E-state index in [0.29, 0.717) is 16.1 Å². The molecule has 2 rings (SSSR count). The average Bonchev–Trinajstić information content (AvgIpc) is 2.28. The fourth-order valence-electron chi connectivity index (χ4n) is 1.52. The molecule has 0 radical (unpaired) electrons. The van der Waals surface area contributed by atoms with Crippen LogP contribution in [0.3, 0.4) is 0 Å². The molecule has 0 fully saturated rings. The highest BCUT2D eigenvalue weighted by Gasteiger charge is 2.06. The van der Waals surface area contributed by atoms with Gasteiger partial charge in [-0.25, -0.2) is 4.39 Å². The standard InChI is InChI=1S/C13H7ClFN/c14-11-3-1-2-9(6-11)13-5-4-12(15)7-10(13)8-16/h1-7H. The Morgan fingerprint density at radius 3 is 2.62 bits per heavy atom. The second-order valence-corrected chi connectivity index (χ2v) is 3.75. The molecule has 0 aromatic heterocycles. The number of rotatable bonds is 1. The number of halogens is 2. The predicted octanol–water partition coefficient (Wildman–Crippen LogP) is 4.02. The summed E-state index contributed by atoms with van der Waals surface area (Å²) in [6, 6.07) is 13.2. The Bertz CT molecular complexity index is 572. The Kier molecular flexibility index (Phi) is 2.89. The highest BCUT2D eigenvalue weighted by molar-refractivity contribution is 6.30. The van der Waals surface area contributed by atoms with Crippen LogP contribution in [0.25, 0.3) is 11.1 Å². The summed E-state index contributed by atoms with van der Waals surface area (Å²) in [5.41, 5.74) is 1.80. The van der Waals surface area contributed by atoms with E-state index in [1.807, 2.05) is 12.1 Å². The monoisotopic (exact) mass is 231 g/mol. The van der Waals surface area contributed by atoms with Crippen molar-refractivity contribution in [2.24, 2.45) is 0 Å². The molecular formula is C13H7ClFN. The van der Waals surface area contributed by atoms with Crippen molar-refractivity contribution in [1.82, 2.24) is 0 Å². The minimum atomic E-state index is -0.415. The summed E-state index contributed by atoms with van der Waals surface area (Å²) < 4.78 is 13.0. The maximum absolute atomic E-state index is 13.0. The molecule has 2 aromatic rings. The molecule has 1 nitrogen and oxygen atoms in total. The van der Waals surface area contributed by atoms with Crippen LogP contribution in [0.4, 0.5) is 4.39 Å². The fraction of sp³-hybridized carbons (Fsp3) is 0. The third kappa shape index (κ3) is 2.05. The van der Waals surface area contributed by atoms with Crippen LogP contribution in [-0.2, 0) is 0 Å². The van der Waals surface area contributed by atoms with E-state index in [1.54, 1.807) is 24.3 Å². The molecule has 0 heterocycles. The predicted molar refractivity (Wildman–Crippen MR) is 61.6 cm³/mol. The highest BCUT2D eigenvalue weighted by Crippen LogP contribution is 2.26. The van der Waals surface area contributed by atoms with Gasteiger partial charge in [0.1, 0.15) is 5.82 Å². The van der Waals surface area contributed by atoms with Crippen molar-refractivity contribution in [1.29, 1.82) is 5.26 Å². The molecule has 0 aliphatic heterocycles. The van der Waals surface area contributed by atoms with Crippen LogP contribution in [-0.4, -0.2) is 0 Å². The Hall–Kier alpha value is -1.85. The topological polar surface area (TPSA) is 23.8 Å². The lowest BCUT2D eigenvalue weighted by Gasteiger charge is -2.04. The number of nitriles is 1. The summed E-state index contributed by atoms with van der Waals surface area (Å²) in [6.07, 6.45) is 0. The van der Waals surface area contributed by atoms with Crippen molar-refractivity contribution in [2.45, 2.75) is 0 Å². The lowest BCUT2D eigenvalue weighted by Crippen LogP contribution is -1.86. The Morgan fingerprint density at radius 1 is 1.12 bits per heavy atom. The maximum Gasteiger partial charge on any atom is 0.124 e. The molecule has 0 aliphatic rings. The van der Waals surface area contributed by atoms with Crippen molar-refractivity contribution < 1.29 is 4.39 Å². The second-order valence-electron chi connectivity index (χ2n) is 3.31. The van der Waals surface area contributed by atoms with E-state index in [0.717, 1.165) is 5.56 Å². The number of benzene rings is 2. The molecule has 0 aliphatic carbocycles. The summed E-state index contributed by atoms with van der Waals surface area (Å²) in [6.45, 7) is 0. The molecule has 3 heteroatoms. The van der Waals surface area contributed by atoms with E-state index >= 15 is 0 Å². The summed E-state index contributed by atoms with van der Waals surface area (Å²) >= 11 is 5.86. The smallest absolute Gasteiger partial charge is 0.124 e. The summed E-state index contributed by atoms with van der Waals surface area (Å²) in [4.78, 5) is 0. The van der Waals surface area contributed by atoms with E-state index in [-0.39, 0.29) is 0 Å². The third-order valence-corrected chi connectivity index (χ3v) is 2.47. The van der Waals surface area contributed by atoms with Gasteiger partial charge < -0.3 is 0 Å². The first-order valence-electron chi connectivity index (χ1n) is 4.66. The van der Waals surface area contributed by atoms with Gasteiger partial charge in [-0.3, -0.25) is 0 Å². The van der Waals surface area contributed by atoms with Crippen molar-refractivity contribution in [3.05, 3.63) is 58.9 Å². The molecular weight excluding hydrogens is 225 g/mol. The van der Waals surface area contributed by atoms with Crippen molar-refractivity contribution in [3.8, 4) is 17.2 Å². The molecule has 0 unspecified atom stereocenters. The zero-order valence-electron chi connectivity index (χ0n) is 8.24. The van der Waals surface area contributed by atoms with Crippen LogP contribution >= 0.6 is 11.6 Å². The van der Waals surface area contributed by atoms with Crippen LogP contribution in [0.15, 0.2) is 42.5 Å². The van der Waals surface area contributed by atoms with E-state index in [1.165, 1.54) is 12.1 Å². The summed E-state index contributed by atoms with van der Waals surface area (Å²) in [5, 5.41) is 9.51. The molecule has 0 bridgehead atoms. The van der Waals surface area contributed by atoms with Gasteiger partial charge in [-0.05, 0) is 35.4 Å². The van der Waals surface area contributed by atoms with Crippen LogP contribution in [0, 0.1) is 17.1 Å². The van der Waals surface area contributed by atoms with Gasteiger partial charge in [-0.2, -0.15) is 5.26 Å². The number of hydrogen-bond donors (Lipinski definition) is 0. The fourth-order valence-corrected chi connectivity index (χ4v) is 1.71. The third-order valence-electron chi connectivity index (χ3n) is 2.24. The maximum atomic E-state index is 13.0. The van der Waals surface area contributed by atoms with Crippen molar-refractivity contribution in [3.63, 3.8) is 0 Å². The average molecular weight is 232 g/mol. The van der Waals surface area contributed by atoms with Crippen LogP contribution in [0.5, 0.6) is 0 Å². The Balaban J connectivity index is 2.61. The van der Waals surface area contributed by atoms with E-state index < -0.39 is 5.82 Å². The molecule has 2 aromatic carbocycles. The molecule has 0 N–H and O–H groups in total. The van der Waals surface area contributed by atoms with Crippen molar-refractivity contribution in [2.75, 3.05) is 0 Å². The Labute approximate surface area is 97.7 Å². The highest BCUT2D eigenvalue weighted by atomic mass is 35.5. The minimum Gasteiger partial charge on any atom is -0.207 e. The van der Waals surface area contributed by atoms with Gasteiger partial charge in [0.15, 0.2) is 0 Å². The van der Waals surface area contributed by atoms with Gasteiger partial charge in [0.2, 0.25) is 0 Å². The van der Waals surface area contributed by atoms with Gasteiger partial charge >= 0.3 is 0 Å². The zero-order chi connectivity index (χ0) is 11.5. The van der Waals surface area contributed by atoms with Gasteiger partial charge in [-0.15, -0.1) is 0 Å². The van der Waals surface area contributed by atoms with Gasteiger partial charge in [0.25, 0.3) is 0 Å². The molecule has 0 amide bonds. The lowest BCUT2D eigenvalue weighted by molar-refractivity contribution is 0.627. The van der Waals surface area contributed by atoms with Crippen LogP contribution in [0.2, 0.25) is 5.02 Å². The molecule has 0 saturated carbocycles. The first kappa shape index (κ1) is 10.7. The second kappa shape index (κ2) is 4.34. The summed E-state index contributed by atoms with van der Waals surface area (Å²) in [7, 11) is 0. The SMILES string of the molecule is N#Cc1cc(F)ccc1-c1cccc(Cl)c1. The van der Waals surface area contributed by atoms with Gasteiger partial charge in [0.05, 0.1) is 11.6 Å². The van der Waals surface area contributed by atoms with Crippen LogP contribution < -0.4 is 0 Å². The van der Waals surface area contributed by atoms with E-state index in [2.05, 4.69) is 0 Å². The summed E-state index contributed by atoms with van der Waals surface area (Å²) in [5.74, 6) is -0.415. The molecule has 0 saturated heterocycles. The molecule has 0 spiro atoms. The first-order valence-corrected chi connectivity index (χ1v) is 5.04. The minimum absolute atomic E-state index is 0.308. The van der Waals surface area contributed by atoms with E-state index in [9.17, 15) is 4.39 Å². The number of nitrogens with zero attached hydrogens (tertiary/aromatic N) is 1. The van der Waals surface area contributed by atoms with Crippen molar-refractivity contribution >= 4 is 11.6 Å². The largest absolute Gasteiger partial charge is 0.207 e. The molecule has 16 heavy (non-hydrogen) atoms. The Morgan fingerprint density at radius 2 is 1.94 bits per heavy atom. The van der Waals surface area contributed by atoms with Gasteiger partial charge in [0, 0.05) is 5.02 Å². The zero-order valence-corrected chi connectivity index (χ0v) is 9.00. The van der Waals surface area contributed by atoms with Gasteiger partial charge in [-0.1, -0.05) is 29.8 Å². The quantitative estimate of drug-likeness (QED) is 0.727. The van der Waals surface area contributed by atoms with E-state index in [4.69, 9.17) is 16.9 Å².